The number of benzene rings is 1. The lowest BCUT2D eigenvalue weighted by Crippen LogP contribution is -2.21. The molecule has 18 heavy (non-hydrogen) atoms. The van der Waals surface area contributed by atoms with E-state index in [1.165, 1.54) is 0 Å². The first kappa shape index (κ1) is 11.1. The van der Waals surface area contributed by atoms with Crippen LogP contribution in [0.25, 0.3) is 10.9 Å². The fourth-order valence-corrected chi connectivity index (χ4v) is 2.49. The number of nitrogens with zero attached hydrogens (tertiary/aromatic N) is 1. The van der Waals surface area contributed by atoms with Crippen LogP contribution in [0.3, 0.4) is 0 Å². The second-order valence-electron chi connectivity index (χ2n) is 4.76. The molecule has 1 aliphatic carbocycles. The van der Waals surface area contributed by atoms with Gasteiger partial charge in [0.25, 0.3) is 5.56 Å². The molecule has 3 rings (SSSR count). The van der Waals surface area contributed by atoms with E-state index in [9.17, 15) is 4.79 Å². The molecule has 0 aliphatic heterocycles. The fraction of sp³-hybridized carbons (Fsp3) is 0.267. The molecule has 0 radical (unpaired) electrons. The van der Waals surface area contributed by atoms with Gasteiger partial charge in [-0.1, -0.05) is 30.4 Å². The number of pyridine rings is 1. The summed E-state index contributed by atoms with van der Waals surface area (Å²) in [6, 6.07) is 10.1. The maximum Gasteiger partial charge on any atom is 0.252 e. The molecular weight excluding hydrogens is 224 g/mol. The first-order chi connectivity index (χ1) is 8.75. The Balaban J connectivity index is 2.10. The Morgan fingerprint density at radius 1 is 1.22 bits per heavy atom. The van der Waals surface area contributed by atoms with Gasteiger partial charge in [0.15, 0.2) is 0 Å². The zero-order chi connectivity index (χ0) is 12.5. The van der Waals surface area contributed by atoms with Crippen LogP contribution in [0.15, 0.2) is 47.3 Å². The number of fused-ring (bicyclic) bond motifs is 1. The highest BCUT2D eigenvalue weighted by atomic mass is 16.1. The average molecular weight is 240 g/mol. The van der Waals surface area contributed by atoms with E-state index in [0.29, 0.717) is 6.04 Å². The van der Waals surface area contributed by atoms with Gasteiger partial charge < -0.3 is 9.88 Å². The van der Waals surface area contributed by atoms with Gasteiger partial charge in [-0.05, 0) is 18.9 Å². The lowest BCUT2D eigenvalue weighted by Gasteiger charge is -2.16. The molecule has 1 aliphatic rings. The molecule has 0 amide bonds. The van der Waals surface area contributed by atoms with Crippen LogP contribution in [-0.2, 0) is 7.05 Å². The normalized spacial score (nSPS) is 15.4. The van der Waals surface area contributed by atoms with E-state index in [4.69, 9.17) is 0 Å². The highest BCUT2D eigenvalue weighted by molar-refractivity contribution is 5.91. The van der Waals surface area contributed by atoms with Crippen LogP contribution in [0.4, 0.5) is 5.69 Å². The predicted octanol–water partition coefficient (Wildman–Crippen LogP) is 2.67. The quantitative estimate of drug-likeness (QED) is 0.819. The summed E-state index contributed by atoms with van der Waals surface area (Å²) in [6.45, 7) is 0. The number of hydrogen-bond acceptors (Lipinski definition) is 2. The summed E-state index contributed by atoms with van der Waals surface area (Å²) in [5.41, 5.74) is 1.95. The van der Waals surface area contributed by atoms with Crippen molar-refractivity contribution in [1.82, 2.24) is 4.57 Å². The summed E-state index contributed by atoms with van der Waals surface area (Å²) in [4.78, 5) is 11.9. The third-order valence-electron chi connectivity index (χ3n) is 3.52. The SMILES string of the molecule is Cn1c(=O)cc(NC2CC=CC2)c2ccccc21. The lowest BCUT2D eigenvalue weighted by molar-refractivity contribution is 0.786. The number of para-hydroxylation sites is 1. The van der Waals surface area contributed by atoms with Crippen molar-refractivity contribution in [3.8, 4) is 0 Å². The Morgan fingerprint density at radius 2 is 1.94 bits per heavy atom. The predicted molar refractivity (Wildman–Crippen MR) is 75.0 cm³/mol. The Bertz CT molecular complexity index is 662. The molecule has 92 valence electrons. The van der Waals surface area contributed by atoms with Crippen LogP contribution in [-0.4, -0.2) is 10.6 Å². The molecule has 0 atom stereocenters. The summed E-state index contributed by atoms with van der Waals surface area (Å²) in [5, 5.41) is 4.58. The Labute approximate surface area is 106 Å². The van der Waals surface area contributed by atoms with Crippen molar-refractivity contribution in [3.05, 3.63) is 52.8 Å². The average Bonchev–Trinajstić information content (AvgIpc) is 2.89. The Hall–Kier alpha value is -2.03. The third kappa shape index (κ3) is 1.82. The van der Waals surface area contributed by atoms with E-state index in [1.807, 2.05) is 25.2 Å². The molecule has 0 unspecified atom stereocenters. The van der Waals surface area contributed by atoms with Crippen LogP contribution in [0.2, 0.25) is 0 Å². The number of aromatic nitrogens is 1. The summed E-state index contributed by atoms with van der Waals surface area (Å²) in [6.07, 6.45) is 6.43. The van der Waals surface area contributed by atoms with Crippen molar-refractivity contribution in [2.75, 3.05) is 5.32 Å². The zero-order valence-electron chi connectivity index (χ0n) is 10.4. The molecule has 3 heteroatoms. The highest BCUT2D eigenvalue weighted by Crippen LogP contribution is 2.24. The van der Waals surface area contributed by atoms with Gasteiger partial charge in [0.2, 0.25) is 0 Å². The third-order valence-corrected chi connectivity index (χ3v) is 3.52. The first-order valence-corrected chi connectivity index (χ1v) is 6.26. The molecule has 1 heterocycles. The monoisotopic (exact) mass is 240 g/mol. The maximum atomic E-state index is 11.9. The lowest BCUT2D eigenvalue weighted by atomic mass is 10.1. The van der Waals surface area contributed by atoms with Crippen molar-refractivity contribution >= 4 is 16.6 Å². The molecule has 0 saturated heterocycles. The minimum Gasteiger partial charge on any atom is -0.381 e. The molecule has 1 aromatic heterocycles. The van der Waals surface area contributed by atoms with E-state index in [0.717, 1.165) is 29.4 Å². The van der Waals surface area contributed by atoms with E-state index in [1.54, 1.807) is 10.6 Å². The topological polar surface area (TPSA) is 34.0 Å². The molecule has 1 N–H and O–H groups in total. The van der Waals surface area contributed by atoms with Gasteiger partial charge in [-0.2, -0.15) is 0 Å². The number of rotatable bonds is 2. The van der Waals surface area contributed by atoms with E-state index >= 15 is 0 Å². The van der Waals surface area contributed by atoms with Crippen molar-refractivity contribution in [3.63, 3.8) is 0 Å². The van der Waals surface area contributed by atoms with Crippen LogP contribution < -0.4 is 10.9 Å². The maximum absolute atomic E-state index is 11.9. The molecule has 0 bridgehead atoms. The summed E-state index contributed by atoms with van der Waals surface area (Å²) in [5.74, 6) is 0. The number of anilines is 1. The van der Waals surface area contributed by atoms with Crippen LogP contribution in [0.1, 0.15) is 12.8 Å². The van der Waals surface area contributed by atoms with Crippen LogP contribution in [0.5, 0.6) is 0 Å². The van der Waals surface area contributed by atoms with Gasteiger partial charge in [-0.15, -0.1) is 0 Å². The molecule has 3 nitrogen and oxygen atoms in total. The molecule has 1 aromatic carbocycles. The zero-order valence-corrected chi connectivity index (χ0v) is 10.4. The van der Waals surface area contributed by atoms with E-state index in [-0.39, 0.29) is 5.56 Å². The second-order valence-corrected chi connectivity index (χ2v) is 4.76. The Morgan fingerprint density at radius 3 is 2.72 bits per heavy atom. The minimum absolute atomic E-state index is 0.0298. The molecule has 0 spiro atoms. The first-order valence-electron chi connectivity index (χ1n) is 6.26. The largest absolute Gasteiger partial charge is 0.381 e. The van der Waals surface area contributed by atoms with Crippen molar-refractivity contribution in [2.45, 2.75) is 18.9 Å². The van der Waals surface area contributed by atoms with Crippen LogP contribution in [0, 0.1) is 0 Å². The smallest absolute Gasteiger partial charge is 0.252 e. The number of nitrogens with one attached hydrogen (secondary N) is 1. The minimum atomic E-state index is 0.0298. The molecule has 0 saturated carbocycles. The number of hydrogen-bond donors (Lipinski definition) is 1. The highest BCUT2D eigenvalue weighted by Gasteiger charge is 2.12. The van der Waals surface area contributed by atoms with E-state index in [2.05, 4.69) is 23.5 Å². The van der Waals surface area contributed by atoms with E-state index < -0.39 is 0 Å². The summed E-state index contributed by atoms with van der Waals surface area (Å²) >= 11 is 0. The molecular formula is C15H16N2O. The van der Waals surface area contributed by atoms with Gasteiger partial charge in [-0.3, -0.25) is 4.79 Å². The molecule has 2 aromatic rings. The van der Waals surface area contributed by atoms with Gasteiger partial charge >= 0.3 is 0 Å². The summed E-state index contributed by atoms with van der Waals surface area (Å²) < 4.78 is 1.69. The fourth-order valence-electron chi connectivity index (χ4n) is 2.49. The van der Waals surface area contributed by atoms with Crippen molar-refractivity contribution in [2.24, 2.45) is 7.05 Å². The van der Waals surface area contributed by atoms with Crippen molar-refractivity contribution < 1.29 is 0 Å². The van der Waals surface area contributed by atoms with Gasteiger partial charge in [0.05, 0.1) is 5.52 Å². The van der Waals surface area contributed by atoms with Gasteiger partial charge in [0.1, 0.15) is 0 Å². The van der Waals surface area contributed by atoms with Gasteiger partial charge in [0, 0.05) is 30.2 Å². The van der Waals surface area contributed by atoms with Gasteiger partial charge in [-0.25, -0.2) is 0 Å². The summed E-state index contributed by atoms with van der Waals surface area (Å²) in [7, 11) is 1.81. The second kappa shape index (κ2) is 4.33. The van der Waals surface area contributed by atoms with Crippen molar-refractivity contribution in [1.29, 1.82) is 0 Å². The number of aryl methyl sites for hydroxylation is 1. The standard InChI is InChI=1S/C15H16N2O/c1-17-14-9-5-4-8-12(14)13(10-15(17)18)16-11-6-2-3-7-11/h2-5,8-11,16H,6-7H2,1H3. The molecule has 0 fully saturated rings. The van der Waals surface area contributed by atoms with Crippen LogP contribution >= 0.6 is 0 Å². The Kier molecular flexibility index (Phi) is 2.67.